The summed E-state index contributed by atoms with van der Waals surface area (Å²) in [5, 5.41) is 0.529. The van der Waals surface area contributed by atoms with E-state index in [0.29, 0.717) is 23.1 Å². The van der Waals surface area contributed by atoms with Gasteiger partial charge in [-0.25, -0.2) is 4.98 Å². The van der Waals surface area contributed by atoms with E-state index < -0.39 is 0 Å². The van der Waals surface area contributed by atoms with E-state index in [9.17, 15) is 4.79 Å². The Balaban J connectivity index is 1.78. The molecule has 0 bridgehead atoms. The molecule has 1 saturated heterocycles. The van der Waals surface area contributed by atoms with Crippen LogP contribution in [-0.4, -0.2) is 39.6 Å². The van der Waals surface area contributed by atoms with Gasteiger partial charge in [0.1, 0.15) is 5.65 Å². The first-order valence-corrected chi connectivity index (χ1v) is 9.89. The highest BCUT2D eigenvalue weighted by atomic mass is 35.5. The van der Waals surface area contributed by atoms with Crippen LogP contribution in [0.3, 0.4) is 0 Å². The quantitative estimate of drug-likeness (QED) is 0.768. The summed E-state index contributed by atoms with van der Waals surface area (Å²) in [6.45, 7) is 9.06. The van der Waals surface area contributed by atoms with E-state index in [1.165, 1.54) is 17.2 Å². The van der Waals surface area contributed by atoms with Crippen molar-refractivity contribution in [3.63, 3.8) is 0 Å². The molecule has 3 rings (SSSR count). The van der Waals surface area contributed by atoms with Crippen LogP contribution in [0.4, 0.5) is 0 Å². The summed E-state index contributed by atoms with van der Waals surface area (Å²) in [4.78, 5) is 19.4. The summed E-state index contributed by atoms with van der Waals surface area (Å²) in [6.07, 6.45) is 5.54. The van der Waals surface area contributed by atoms with E-state index in [-0.39, 0.29) is 17.8 Å². The second-order valence-electron chi connectivity index (χ2n) is 7.54. The Kier molecular flexibility index (Phi) is 6.33. The van der Waals surface area contributed by atoms with Crippen molar-refractivity contribution >= 4 is 17.2 Å². The van der Waals surface area contributed by atoms with Crippen LogP contribution in [0.5, 0.6) is 0 Å². The fraction of sp³-hybridized carbons (Fsp3) is 0.600. The van der Waals surface area contributed by atoms with Crippen LogP contribution in [-0.2, 0) is 11.3 Å². The molecule has 1 aliphatic rings. The van der Waals surface area contributed by atoms with Gasteiger partial charge in [-0.15, -0.1) is 0 Å². The minimum atomic E-state index is -0.0938. The molecule has 0 aliphatic carbocycles. The maximum Gasteiger partial charge on any atom is 0.258 e. The van der Waals surface area contributed by atoms with Gasteiger partial charge < -0.3 is 4.74 Å². The van der Waals surface area contributed by atoms with Crippen LogP contribution in [0.1, 0.15) is 45.7 Å². The Morgan fingerprint density at radius 1 is 1.35 bits per heavy atom. The first kappa shape index (κ1) is 19.3. The lowest BCUT2D eigenvalue weighted by Gasteiger charge is -2.39. The number of halogens is 1. The third-order valence-electron chi connectivity index (χ3n) is 4.95. The number of hydrogen-bond donors (Lipinski definition) is 0. The number of ether oxygens (including phenoxy) is 1. The molecule has 5 nitrogen and oxygen atoms in total. The Hall–Kier alpha value is -1.43. The Morgan fingerprint density at radius 2 is 2.15 bits per heavy atom. The number of aromatic nitrogens is 2. The maximum absolute atomic E-state index is 12.4. The molecule has 0 amide bonds. The van der Waals surface area contributed by atoms with Crippen LogP contribution >= 0.6 is 11.6 Å². The fourth-order valence-corrected chi connectivity index (χ4v) is 3.64. The van der Waals surface area contributed by atoms with E-state index in [1.807, 2.05) is 0 Å². The molecule has 142 valence electrons. The zero-order valence-electron chi connectivity index (χ0n) is 15.8. The minimum Gasteiger partial charge on any atom is -0.372 e. The molecule has 0 N–H and O–H groups in total. The third-order valence-corrected chi connectivity index (χ3v) is 5.18. The lowest BCUT2D eigenvalue weighted by molar-refractivity contribution is -0.108. The molecule has 2 aromatic heterocycles. The molecule has 0 unspecified atom stereocenters. The first-order chi connectivity index (χ1) is 12.5. The van der Waals surface area contributed by atoms with Gasteiger partial charge in [-0.3, -0.25) is 14.1 Å². The Bertz CT molecular complexity index is 805. The number of nitrogens with zero attached hydrogens (tertiary/aromatic N) is 3. The second-order valence-corrected chi connectivity index (χ2v) is 7.97. The summed E-state index contributed by atoms with van der Waals surface area (Å²) in [5.41, 5.74) is 1.34. The minimum absolute atomic E-state index is 0.0938. The van der Waals surface area contributed by atoms with E-state index in [2.05, 4.69) is 30.7 Å². The monoisotopic (exact) mass is 377 g/mol. The van der Waals surface area contributed by atoms with Gasteiger partial charge in [-0.05, 0) is 24.5 Å². The largest absolute Gasteiger partial charge is 0.372 e. The molecule has 1 aliphatic heterocycles. The summed E-state index contributed by atoms with van der Waals surface area (Å²) in [5.74, 6) is 0.472. The number of unbranched alkanes of at least 4 members (excludes halogenated alkanes) is 1. The number of rotatable bonds is 6. The zero-order valence-corrected chi connectivity index (χ0v) is 16.6. The average Bonchev–Trinajstić information content (AvgIpc) is 2.60. The number of pyridine rings is 1. The predicted molar refractivity (Wildman–Crippen MR) is 105 cm³/mol. The van der Waals surface area contributed by atoms with Crippen LogP contribution in [0.15, 0.2) is 29.2 Å². The summed E-state index contributed by atoms with van der Waals surface area (Å²) in [6, 6.07) is 5.16. The molecule has 0 saturated carbocycles. The highest BCUT2D eigenvalue weighted by molar-refractivity contribution is 6.30. The lowest BCUT2D eigenvalue weighted by Crippen LogP contribution is -2.49. The molecule has 0 radical (unpaired) electrons. The molecule has 26 heavy (non-hydrogen) atoms. The average molecular weight is 378 g/mol. The molecule has 1 fully saturated rings. The molecule has 0 aromatic carbocycles. The lowest BCUT2D eigenvalue weighted by atomic mass is 10.0. The molecular weight excluding hydrogens is 350 g/mol. The van der Waals surface area contributed by atoms with Gasteiger partial charge in [0.15, 0.2) is 0 Å². The van der Waals surface area contributed by atoms with Crippen molar-refractivity contribution in [3.05, 3.63) is 45.5 Å². The summed E-state index contributed by atoms with van der Waals surface area (Å²) < 4.78 is 7.77. The van der Waals surface area contributed by atoms with Gasteiger partial charge in [-0.1, -0.05) is 45.2 Å². The number of morpholine rings is 1. The van der Waals surface area contributed by atoms with Crippen LogP contribution in [0.25, 0.3) is 5.65 Å². The third kappa shape index (κ3) is 4.64. The van der Waals surface area contributed by atoms with Crippen molar-refractivity contribution in [2.75, 3.05) is 13.1 Å². The maximum atomic E-state index is 12.4. The topological polar surface area (TPSA) is 46.8 Å². The van der Waals surface area contributed by atoms with E-state index in [0.717, 1.165) is 25.2 Å². The molecule has 2 atom stereocenters. The van der Waals surface area contributed by atoms with Crippen molar-refractivity contribution < 1.29 is 4.74 Å². The molecule has 2 aromatic rings. The van der Waals surface area contributed by atoms with E-state index >= 15 is 0 Å². The zero-order chi connectivity index (χ0) is 18.7. The Labute approximate surface area is 159 Å². The van der Waals surface area contributed by atoms with E-state index in [4.69, 9.17) is 16.3 Å². The van der Waals surface area contributed by atoms with Crippen molar-refractivity contribution in [1.82, 2.24) is 14.3 Å². The van der Waals surface area contributed by atoms with Gasteiger partial charge in [0.25, 0.3) is 5.56 Å². The van der Waals surface area contributed by atoms with Gasteiger partial charge in [0, 0.05) is 31.9 Å². The van der Waals surface area contributed by atoms with Crippen molar-refractivity contribution in [2.45, 2.75) is 58.8 Å². The van der Waals surface area contributed by atoms with Gasteiger partial charge in [-0.2, -0.15) is 0 Å². The first-order valence-electron chi connectivity index (χ1n) is 9.52. The Morgan fingerprint density at radius 3 is 2.88 bits per heavy atom. The fourth-order valence-electron chi connectivity index (χ4n) is 3.47. The normalized spacial score (nSPS) is 21.6. The van der Waals surface area contributed by atoms with Crippen molar-refractivity contribution in [1.29, 1.82) is 0 Å². The predicted octanol–water partition coefficient (Wildman–Crippen LogP) is 3.76. The van der Waals surface area contributed by atoms with E-state index in [1.54, 1.807) is 24.4 Å². The SMILES string of the molecule is CCCC[C@@H]1CN(Cc2cc(=O)n3cc(Cl)ccc3n2)C[C@H](C(C)C)O1. The second kappa shape index (κ2) is 8.51. The number of hydrogen-bond acceptors (Lipinski definition) is 4. The van der Waals surface area contributed by atoms with Gasteiger partial charge in [0.2, 0.25) is 0 Å². The summed E-state index contributed by atoms with van der Waals surface area (Å²) >= 11 is 5.98. The van der Waals surface area contributed by atoms with Crippen LogP contribution in [0.2, 0.25) is 5.02 Å². The van der Waals surface area contributed by atoms with Crippen LogP contribution < -0.4 is 5.56 Å². The van der Waals surface area contributed by atoms with Crippen molar-refractivity contribution in [3.8, 4) is 0 Å². The summed E-state index contributed by atoms with van der Waals surface area (Å²) in [7, 11) is 0. The number of fused-ring (bicyclic) bond motifs is 1. The molecule has 3 heterocycles. The standard InChI is InChI=1S/C20H28ClN3O2/c1-4-5-6-17-12-23(13-18(26-17)14(2)3)11-16-9-20(25)24-10-15(21)7-8-19(24)22-16/h7-10,14,17-18H,4-6,11-13H2,1-3H3/t17-,18-/m1/s1. The van der Waals surface area contributed by atoms with Gasteiger partial charge in [0.05, 0.1) is 22.9 Å². The smallest absolute Gasteiger partial charge is 0.258 e. The van der Waals surface area contributed by atoms with Crippen molar-refractivity contribution in [2.24, 2.45) is 5.92 Å². The highest BCUT2D eigenvalue weighted by Gasteiger charge is 2.29. The molecule has 6 heteroatoms. The van der Waals surface area contributed by atoms with Gasteiger partial charge >= 0.3 is 0 Å². The van der Waals surface area contributed by atoms with Crippen LogP contribution in [0, 0.1) is 5.92 Å². The molecule has 0 spiro atoms. The highest BCUT2D eigenvalue weighted by Crippen LogP contribution is 2.22. The molecular formula is C20H28ClN3O2.